The van der Waals surface area contributed by atoms with Crippen molar-refractivity contribution in [3.8, 4) is 0 Å². The first-order chi connectivity index (χ1) is 9.67. The highest BCUT2D eigenvalue weighted by molar-refractivity contribution is 5.68. The highest BCUT2D eigenvalue weighted by Crippen LogP contribution is 2.19. The zero-order valence-corrected chi connectivity index (χ0v) is 14.5. The van der Waals surface area contributed by atoms with Crippen LogP contribution in [0.25, 0.3) is 0 Å². The smallest absolute Gasteiger partial charge is 0.407 e. The molecule has 2 unspecified atom stereocenters. The van der Waals surface area contributed by atoms with Gasteiger partial charge >= 0.3 is 6.09 Å². The Bertz CT molecular complexity index is 326. The van der Waals surface area contributed by atoms with Crippen molar-refractivity contribution < 1.29 is 9.53 Å². The molecule has 5 heteroatoms. The second-order valence-corrected chi connectivity index (χ2v) is 7.38. The van der Waals surface area contributed by atoms with E-state index < -0.39 is 5.60 Å². The van der Waals surface area contributed by atoms with Crippen LogP contribution in [0.15, 0.2) is 0 Å². The van der Waals surface area contributed by atoms with E-state index in [4.69, 9.17) is 4.74 Å². The van der Waals surface area contributed by atoms with Gasteiger partial charge < -0.3 is 20.3 Å². The van der Waals surface area contributed by atoms with Gasteiger partial charge in [0.05, 0.1) is 0 Å². The summed E-state index contributed by atoms with van der Waals surface area (Å²) in [6.45, 7) is 12.1. The normalized spacial score (nSPS) is 22.9. The van der Waals surface area contributed by atoms with Crippen molar-refractivity contribution >= 4 is 6.09 Å². The number of carbonyl (C=O) groups is 1. The summed E-state index contributed by atoms with van der Waals surface area (Å²) in [6, 6.07) is 1.32. The molecular weight excluding hydrogens is 266 g/mol. The topological polar surface area (TPSA) is 53.6 Å². The van der Waals surface area contributed by atoms with Gasteiger partial charge in [-0.3, -0.25) is 0 Å². The molecule has 1 saturated carbocycles. The Labute approximate surface area is 129 Å². The van der Waals surface area contributed by atoms with E-state index in [0.717, 1.165) is 32.4 Å². The van der Waals surface area contributed by atoms with Gasteiger partial charge in [-0.15, -0.1) is 0 Å². The average molecular weight is 299 g/mol. The summed E-state index contributed by atoms with van der Waals surface area (Å²) in [5.74, 6) is 0. The molecule has 2 N–H and O–H groups in total. The number of nitrogens with zero attached hydrogens (tertiary/aromatic N) is 1. The van der Waals surface area contributed by atoms with Crippen LogP contribution in [0.5, 0.6) is 0 Å². The molecule has 0 aliphatic heterocycles. The predicted octanol–water partition coefficient (Wildman–Crippen LogP) is 2.36. The third kappa shape index (κ3) is 7.67. The third-order valence-corrected chi connectivity index (χ3v) is 3.93. The van der Waals surface area contributed by atoms with Crippen molar-refractivity contribution in [3.05, 3.63) is 0 Å². The van der Waals surface area contributed by atoms with Gasteiger partial charge in [-0.25, -0.2) is 4.79 Å². The largest absolute Gasteiger partial charge is 0.444 e. The standard InChI is InChI=1S/C16H33N3O2/c1-12(2)19(6)10-9-17-13-7-8-14(11-13)18-15(20)21-16(3,4)5/h12-14,17H,7-11H2,1-6H3,(H,18,20). The molecule has 1 amide bonds. The first-order valence-corrected chi connectivity index (χ1v) is 8.10. The molecule has 124 valence electrons. The molecule has 0 radical (unpaired) electrons. The summed E-state index contributed by atoms with van der Waals surface area (Å²) in [5, 5.41) is 6.56. The number of nitrogens with one attached hydrogen (secondary N) is 2. The van der Waals surface area contributed by atoms with Gasteiger partial charge in [0.2, 0.25) is 0 Å². The molecule has 0 heterocycles. The molecule has 1 aliphatic rings. The summed E-state index contributed by atoms with van der Waals surface area (Å²) < 4.78 is 5.30. The van der Waals surface area contributed by atoms with E-state index >= 15 is 0 Å². The summed E-state index contributed by atoms with van der Waals surface area (Å²) >= 11 is 0. The maximum absolute atomic E-state index is 11.7. The summed E-state index contributed by atoms with van der Waals surface area (Å²) in [5.41, 5.74) is -0.429. The minimum absolute atomic E-state index is 0.236. The first kappa shape index (κ1) is 18.2. The number of ether oxygens (including phenoxy) is 1. The molecule has 0 spiro atoms. The van der Waals surface area contributed by atoms with E-state index in [0.29, 0.717) is 12.1 Å². The Morgan fingerprint density at radius 1 is 1.29 bits per heavy atom. The van der Waals surface area contributed by atoms with Crippen molar-refractivity contribution in [1.29, 1.82) is 0 Å². The van der Waals surface area contributed by atoms with Crippen LogP contribution in [0.2, 0.25) is 0 Å². The molecule has 0 aromatic rings. The third-order valence-electron chi connectivity index (χ3n) is 3.93. The van der Waals surface area contributed by atoms with Crippen LogP contribution in [0.1, 0.15) is 53.9 Å². The predicted molar refractivity (Wildman–Crippen MR) is 86.6 cm³/mol. The molecule has 2 atom stereocenters. The highest BCUT2D eigenvalue weighted by Gasteiger charge is 2.27. The van der Waals surface area contributed by atoms with Crippen LogP contribution < -0.4 is 10.6 Å². The lowest BCUT2D eigenvalue weighted by molar-refractivity contribution is 0.0505. The van der Waals surface area contributed by atoms with Gasteiger partial charge in [0.1, 0.15) is 5.60 Å². The Balaban J connectivity index is 2.19. The van der Waals surface area contributed by atoms with Crippen molar-refractivity contribution in [3.63, 3.8) is 0 Å². The van der Waals surface area contributed by atoms with Crippen LogP contribution >= 0.6 is 0 Å². The SMILES string of the molecule is CC(C)N(C)CCNC1CCC(NC(=O)OC(C)(C)C)C1. The van der Waals surface area contributed by atoms with Crippen molar-refractivity contribution in [2.24, 2.45) is 0 Å². The fourth-order valence-electron chi connectivity index (χ4n) is 2.48. The Kier molecular flexibility index (Phi) is 6.94. The molecule has 0 bridgehead atoms. The molecule has 1 aliphatic carbocycles. The lowest BCUT2D eigenvalue weighted by atomic mass is 10.2. The number of rotatable bonds is 6. The molecular formula is C16H33N3O2. The summed E-state index contributed by atoms with van der Waals surface area (Å²) in [6.07, 6.45) is 2.83. The molecule has 5 nitrogen and oxygen atoms in total. The highest BCUT2D eigenvalue weighted by atomic mass is 16.6. The van der Waals surface area contributed by atoms with E-state index in [1.807, 2.05) is 20.8 Å². The molecule has 1 rings (SSSR count). The Morgan fingerprint density at radius 3 is 2.48 bits per heavy atom. The Hall–Kier alpha value is -0.810. The fourth-order valence-corrected chi connectivity index (χ4v) is 2.48. The van der Waals surface area contributed by atoms with E-state index in [9.17, 15) is 4.79 Å². The number of likely N-dealkylation sites (N-methyl/N-ethyl adjacent to an activating group) is 1. The van der Waals surface area contributed by atoms with Crippen LogP contribution in [-0.2, 0) is 4.74 Å². The monoisotopic (exact) mass is 299 g/mol. The molecule has 0 aromatic heterocycles. The number of hydrogen-bond donors (Lipinski definition) is 2. The van der Waals surface area contributed by atoms with E-state index in [-0.39, 0.29) is 12.1 Å². The maximum atomic E-state index is 11.7. The average Bonchev–Trinajstić information content (AvgIpc) is 2.73. The zero-order chi connectivity index (χ0) is 16.0. The fraction of sp³-hybridized carbons (Fsp3) is 0.938. The Morgan fingerprint density at radius 2 is 1.90 bits per heavy atom. The van der Waals surface area contributed by atoms with E-state index in [1.54, 1.807) is 0 Å². The second-order valence-electron chi connectivity index (χ2n) is 7.38. The molecule has 0 aromatic carbocycles. The molecule has 21 heavy (non-hydrogen) atoms. The van der Waals surface area contributed by atoms with Gasteiger partial charge in [0.25, 0.3) is 0 Å². The summed E-state index contributed by atoms with van der Waals surface area (Å²) in [4.78, 5) is 14.1. The minimum Gasteiger partial charge on any atom is -0.444 e. The maximum Gasteiger partial charge on any atom is 0.407 e. The van der Waals surface area contributed by atoms with E-state index in [1.165, 1.54) is 0 Å². The minimum atomic E-state index is -0.429. The molecule has 1 fully saturated rings. The van der Waals surface area contributed by atoms with Gasteiger partial charge in [0, 0.05) is 31.2 Å². The quantitative estimate of drug-likeness (QED) is 0.790. The van der Waals surface area contributed by atoms with Crippen LogP contribution in [0.4, 0.5) is 4.79 Å². The number of hydrogen-bond acceptors (Lipinski definition) is 4. The molecule has 0 saturated heterocycles. The zero-order valence-electron chi connectivity index (χ0n) is 14.5. The van der Waals surface area contributed by atoms with Crippen molar-refractivity contribution in [2.75, 3.05) is 20.1 Å². The van der Waals surface area contributed by atoms with Gasteiger partial charge in [-0.2, -0.15) is 0 Å². The van der Waals surface area contributed by atoms with Gasteiger partial charge in [0.15, 0.2) is 0 Å². The summed E-state index contributed by atoms with van der Waals surface area (Å²) in [7, 11) is 2.15. The van der Waals surface area contributed by atoms with Crippen LogP contribution in [0.3, 0.4) is 0 Å². The first-order valence-electron chi connectivity index (χ1n) is 8.10. The van der Waals surface area contributed by atoms with Crippen molar-refractivity contribution in [1.82, 2.24) is 15.5 Å². The van der Waals surface area contributed by atoms with Crippen molar-refractivity contribution in [2.45, 2.75) is 77.6 Å². The van der Waals surface area contributed by atoms with Crippen LogP contribution in [0, 0.1) is 0 Å². The number of alkyl carbamates (subject to hydrolysis) is 1. The van der Waals surface area contributed by atoms with Crippen LogP contribution in [-0.4, -0.2) is 54.9 Å². The lowest BCUT2D eigenvalue weighted by Crippen LogP contribution is -2.40. The second kappa shape index (κ2) is 7.99. The van der Waals surface area contributed by atoms with E-state index in [2.05, 4.69) is 36.4 Å². The van der Waals surface area contributed by atoms with Gasteiger partial charge in [-0.1, -0.05) is 0 Å². The number of amides is 1. The number of carbonyl (C=O) groups excluding carboxylic acids is 1. The van der Waals surface area contributed by atoms with Gasteiger partial charge in [-0.05, 0) is 60.9 Å². The lowest BCUT2D eigenvalue weighted by Gasteiger charge is -2.23.